The molecule has 0 radical (unpaired) electrons. The minimum absolute atomic E-state index is 0.00198. The zero-order valence-electron chi connectivity index (χ0n) is 14.8. The van der Waals surface area contributed by atoms with Gasteiger partial charge in [-0.05, 0) is 25.8 Å². The van der Waals surface area contributed by atoms with Crippen LogP contribution in [0.1, 0.15) is 43.4 Å². The number of aryl methyl sites for hydroxylation is 1. The fourth-order valence-electron chi connectivity index (χ4n) is 2.90. The van der Waals surface area contributed by atoms with Crippen molar-refractivity contribution in [1.82, 2.24) is 14.4 Å². The Morgan fingerprint density at radius 3 is 2.81 bits per heavy atom. The van der Waals surface area contributed by atoms with Crippen molar-refractivity contribution in [3.05, 3.63) is 16.8 Å². The maximum absolute atomic E-state index is 13.0. The molecule has 0 aliphatic carbocycles. The number of carboxylic acid groups (broad SMARTS) is 1. The first-order valence-corrected chi connectivity index (χ1v) is 10.6. The Labute approximate surface area is 155 Å². The lowest BCUT2D eigenvalue weighted by Gasteiger charge is -2.29. The van der Waals surface area contributed by atoms with Crippen molar-refractivity contribution in [3.63, 3.8) is 0 Å². The quantitative estimate of drug-likeness (QED) is 0.822. The lowest BCUT2D eigenvalue weighted by atomic mass is 10.0. The van der Waals surface area contributed by atoms with E-state index in [0.717, 1.165) is 0 Å². The maximum atomic E-state index is 13.0. The molecule has 0 spiro atoms. The van der Waals surface area contributed by atoms with Crippen LogP contribution in [0.2, 0.25) is 0 Å². The average molecular weight is 399 g/mol. The zero-order valence-corrected chi connectivity index (χ0v) is 16.4. The van der Waals surface area contributed by atoms with Crippen LogP contribution >= 0.6 is 11.3 Å². The number of hydrogen-bond acceptors (Lipinski definition) is 7. The number of hydrogen-bond donors (Lipinski definition) is 1. The van der Waals surface area contributed by atoms with Crippen molar-refractivity contribution >= 4 is 27.3 Å². The second-order valence-electron chi connectivity index (χ2n) is 6.68. The first-order chi connectivity index (χ1) is 12.2. The highest BCUT2D eigenvalue weighted by Crippen LogP contribution is 2.35. The molecule has 0 aromatic carbocycles. The van der Waals surface area contributed by atoms with Crippen LogP contribution in [0.3, 0.4) is 0 Å². The smallest absolute Gasteiger partial charge is 0.307 e. The molecule has 0 unspecified atom stereocenters. The molecule has 2 aromatic heterocycles. The van der Waals surface area contributed by atoms with Crippen molar-refractivity contribution in [2.24, 2.45) is 5.92 Å². The number of aliphatic carboxylic acids is 1. The molecule has 1 atom stereocenters. The Balaban J connectivity index is 1.91. The molecule has 2 aromatic rings. The highest BCUT2D eigenvalue weighted by atomic mass is 32.2. The third kappa shape index (κ3) is 3.53. The van der Waals surface area contributed by atoms with Crippen molar-refractivity contribution in [2.45, 2.75) is 44.4 Å². The summed E-state index contributed by atoms with van der Waals surface area (Å²) in [5.41, 5.74) is 0. The lowest BCUT2D eigenvalue weighted by Crippen LogP contribution is -2.42. The number of rotatable bonds is 5. The minimum atomic E-state index is -3.76. The van der Waals surface area contributed by atoms with Gasteiger partial charge < -0.3 is 9.63 Å². The van der Waals surface area contributed by atoms with E-state index in [1.165, 1.54) is 15.6 Å². The van der Waals surface area contributed by atoms with Gasteiger partial charge in [-0.1, -0.05) is 19.0 Å². The molecular formula is C16H21N3O5S2. The molecule has 1 N–H and O–H groups in total. The predicted molar refractivity (Wildman–Crippen MR) is 95.6 cm³/mol. The van der Waals surface area contributed by atoms with E-state index in [1.807, 2.05) is 13.8 Å². The van der Waals surface area contributed by atoms with Crippen LogP contribution in [0.5, 0.6) is 0 Å². The van der Waals surface area contributed by atoms with Gasteiger partial charge in [-0.25, -0.2) is 8.42 Å². The molecule has 0 saturated carbocycles. The molecule has 142 valence electrons. The number of nitrogens with zero attached hydrogens (tertiary/aromatic N) is 3. The predicted octanol–water partition coefficient (Wildman–Crippen LogP) is 2.72. The van der Waals surface area contributed by atoms with E-state index in [4.69, 9.17) is 4.52 Å². The Hall–Kier alpha value is -1.78. The zero-order chi connectivity index (χ0) is 19.1. The molecule has 26 heavy (non-hydrogen) atoms. The van der Waals surface area contributed by atoms with E-state index in [-0.39, 0.29) is 17.4 Å². The van der Waals surface area contributed by atoms with Crippen LogP contribution in [0, 0.1) is 12.8 Å². The van der Waals surface area contributed by atoms with Crippen LogP contribution in [0.4, 0.5) is 0 Å². The molecule has 10 heteroatoms. The molecule has 0 amide bonds. The average Bonchev–Trinajstić information content (AvgIpc) is 3.22. The van der Waals surface area contributed by atoms with Gasteiger partial charge in [0.25, 0.3) is 0 Å². The second kappa shape index (κ2) is 7.09. The number of thiophene rings is 1. The van der Waals surface area contributed by atoms with Gasteiger partial charge in [0.15, 0.2) is 0 Å². The number of piperidine rings is 1. The van der Waals surface area contributed by atoms with Gasteiger partial charge in [-0.15, -0.1) is 11.3 Å². The van der Waals surface area contributed by atoms with Gasteiger partial charge in [-0.3, -0.25) is 4.79 Å². The van der Waals surface area contributed by atoms with Gasteiger partial charge in [-0.2, -0.15) is 9.29 Å². The first-order valence-electron chi connectivity index (χ1n) is 8.37. The maximum Gasteiger partial charge on any atom is 0.307 e. The Morgan fingerprint density at radius 1 is 1.46 bits per heavy atom. The standard InChI is InChI=1S/C16H21N3O5S2/c1-9(2)15-17-14(18-24-15)12-7-13(10(3)25-12)26(22,23)19-6-4-5-11(8-19)16(20)21/h7,9,11H,4-6,8H2,1-3H3,(H,20,21)/t11-/m1/s1. The third-order valence-corrected chi connectivity index (χ3v) is 7.55. The van der Waals surface area contributed by atoms with Crippen molar-refractivity contribution in [1.29, 1.82) is 0 Å². The molecule has 1 aliphatic rings. The topological polar surface area (TPSA) is 114 Å². The monoisotopic (exact) mass is 399 g/mol. The number of aromatic nitrogens is 2. The van der Waals surface area contributed by atoms with Crippen LogP contribution in [0.15, 0.2) is 15.5 Å². The van der Waals surface area contributed by atoms with E-state index in [0.29, 0.717) is 40.9 Å². The Kier molecular flexibility index (Phi) is 5.18. The molecule has 8 nitrogen and oxygen atoms in total. The largest absolute Gasteiger partial charge is 0.481 e. The normalized spacial score (nSPS) is 19.2. The Bertz CT molecular complexity index is 916. The van der Waals surface area contributed by atoms with Crippen LogP contribution in [0.25, 0.3) is 10.7 Å². The summed E-state index contributed by atoms with van der Waals surface area (Å²) < 4.78 is 32.5. The van der Waals surface area contributed by atoms with Gasteiger partial charge in [0, 0.05) is 23.9 Å². The van der Waals surface area contributed by atoms with E-state index in [2.05, 4.69) is 10.1 Å². The lowest BCUT2D eigenvalue weighted by molar-refractivity contribution is -0.142. The molecule has 0 bridgehead atoms. The molecule has 3 heterocycles. The van der Waals surface area contributed by atoms with Crippen LogP contribution in [-0.2, 0) is 14.8 Å². The fraction of sp³-hybridized carbons (Fsp3) is 0.562. The van der Waals surface area contributed by atoms with Crippen LogP contribution in [-0.4, -0.2) is 47.0 Å². The number of sulfonamides is 1. The number of carbonyl (C=O) groups is 1. The highest BCUT2D eigenvalue weighted by Gasteiger charge is 2.35. The summed E-state index contributed by atoms with van der Waals surface area (Å²) in [7, 11) is -3.76. The third-order valence-electron chi connectivity index (χ3n) is 4.38. The van der Waals surface area contributed by atoms with Crippen LogP contribution < -0.4 is 0 Å². The van der Waals surface area contributed by atoms with Crippen molar-refractivity contribution in [3.8, 4) is 10.7 Å². The van der Waals surface area contributed by atoms with Gasteiger partial charge >= 0.3 is 5.97 Å². The molecule has 3 rings (SSSR count). The fourth-order valence-corrected chi connectivity index (χ4v) is 5.91. The minimum Gasteiger partial charge on any atom is -0.481 e. The molecule has 1 saturated heterocycles. The SMILES string of the molecule is Cc1sc(-c2noc(C(C)C)n2)cc1S(=O)(=O)N1CCC[C@@H](C(=O)O)C1. The molecule has 1 aliphatic heterocycles. The molecule has 1 fully saturated rings. The summed E-state index contributed by atoms with van der Waals surface area (Å²) >= 11 is 1.28. The first kappa shape index (κ1) is 19.0. The summed E-state index contributed by atoms with van der Waals surface area (Å²) in [5, 5.41) is 13.1. The summed E-state index contributed by atoms with van der Waals surface area (Å²) in [5.74, 6) is -0.675. The summed E-state index contributed by atoms with van der Waals surface area (Å²) in [4.78, 5) is 17.0. The van der Waals surface area contributed by atoms with Crippen molar-refractivity contribution < 1.29 is 22.8 Å². The van der Waals surface area contributed by atoms with E-state index in [1.54, 1.807) is 13.0 Å². The van der Waals surface area contributed by atoms with E-state index in [9.17, 15) is 18.3 Å². The summed E-state index contributed by atoms with van der Waals surface area (Å²) in [6.45, 7) is 5.92. The van der Waals surface area contributed by atoms with Crippen molar-refractivity contribution in [2.75, 3.05) is 13.1 Å². The van der Waals surface area contributed by atoms with Gasteiger partial charge in [0.05, 0.1) is 15.7 Å². The molecular weight excluding hydrogens is 378 g/mol. The summed E-state index contributed by atoms with van der Waals surface area (Å²) in [6.07, 6.45) is 1.03. The van der Waals surface area contributed by atoms with Gasteiger partial charge in [0.1, 0.15) is 0 Å². The van der Waals surface area contributed by atoms with Gasteiger partial charge in [0.2, 0.25) is 21.7 Å². The second-order valence-corrected chi connectivity index (χ2v) is 9.85. The highest BCUT2D eigenvalue weighted by molar-refractivity contribution is 7.89. The summed E-state index contributed by atoms with van der Waals surface area (Å²) in [6, 6.07) is 1.55. The van der Waals surface area contributed by atoms with E-state index >= 15 is 0 Å². The van der Waals surface area contributed by atoms with E-state index < -0.39 is 21.9 Å². The number of carboxylic acids is 1. The Morgan fingerprint density at radius 2 is 2.19 bits per heavy atom.